The molecule has 0 aliphatic heterocycles. The third-order valence-corrected chi connectivity index (χ3v) is 1.93. The van der Waals surface area contributed by atoms with Crippen molar-refractivity contribution in [3.8, 4) is 0 Å². The predicted molar refractivity (Wildman–Crippen MR) is 52.5 cm³/mol. The maximum atomic E-state index is 5.44. The van der Waals surface area contributed by atoms with E-state index < -0.39 is 0 Å². The highest BCUT2D eigenvalue weighted by Crippen LogP contribution is 2.03. The van der Waals surface area contributed by atoms with Crippen LogP contribution in [0.4, 0.5) is 0 Å². The zero-order chi connectivity index (χ0) is 9.52. The number of hydrogen-bond donors (Lipinski definition) is 1. The van der Waals surface area contributed by atoms with Gasteiger partial charge >= 0.3 is 0 Å². The molecule has 0 amide bonds. The quantitative estimate of drug-likeness (QED) is 0.685. The molecule has 74 valence electrons. The van der Waals surface area contributed by atoms with Gasteiger partial charge in [-0.05, 0) is 13.0 Å². The Kier molecular flexibility index (Phi) is 4.54. The van der Waals surface area contributed by atoms with Crippen molar-refractivity contribution >= 4 is 0 Å². The number of nitrogens with one attached hydrogen (secondary N) is 1. The van der Waals surface area contributed by atoms with Crippen molar-refractivity contribution in [3.63, 3.8) is 0 Å². The average molecular weight is 182 g/mol. The Labute approximate surface area is 79.5 Å². The third kappa shape index (κ3) is 3.59. The first kappa shape index (κ1) is 10.3. The van der Waals surface area contributed by atoms with E-state index in [9.17, 15) is 0 Å². The van der Waals surface area contributed by atoms with Gasteiger partial charge in [0.15, 0.2) is 0 Å². The highest BCUT2D eigenvalue weighted by Gasteiger charge is 2.00. The number of unbranched alkanes of at least 4 members (excludes halogenated alkanes) is 1. The van der Waals surface area contributed by atoms with Crippen LogP contribution in [0, 0.1) is 0 Å². The van der Waals surface area contributed by atoms with Gasteiger partial charge in [-0.2, -0.15) is 0 Å². The second-order valence-corrected chi connectivity index (χ2v) is 3.10. The van der Waals surface area contributed by atoms with Crippen LogP contribution in [0.5, 0.6) is 0 Å². The summed E-state index contributed by atoms with van der Waals surface area (Å²) in [6, 6.07) is 0. The molecule has 0 aliphatic carbocycles. The molecule has 0 saturated heterocycles. The van der Waals surface area contributed by atoms with Gasteiger partial charge in [0.1, 0.15) is 5.76 Å². The highest BCUT2D eigenvalue weighted by molar-refractivity contribution is 4.93. The fourth-order valence-corrected chi connectivity index (χ4v) is 1.09. The molecule has 0 atom stereocenters. The fraction of sp³-hybridized carbons (Fsp3) is 0.700. The van der Waals surface area contributed by atoms with Gasteiger partial charge < -0.3 is 9.73 Å². The van der Waals surface area contributed by atoms with Gasteiger partial charge in [0.05, 0.1) is 12.7 Å². The molecule has 3 heteroatoms. The van der Waals surface area contributed by atoms with Crippen LogP contribution in [-0.4, -0.2) is 11.5 Å². The van der Waals surface area contributed by atoms with Gasteiger partial charge in [-0.25, -0.2) is 4.98 Å². The summed E-state index contributed by atoms with van der Waals surface area (Å²) in [6.07, 6.45) is 5.15. The first-order valence-electron chi connectivity index (χ1n) is 5.01. The second kappa shape index (κ2) is 5.75. The Morgan fingerprint density at radius 1 is 1.46 bits per heavy atom. The van der Waals surface area contributed by atoms with Gasteiger partial charge in [-0.1, -0.05) is 20.3 Å². The minimum atomic E-state index is 0.750. The van der Waals surface area contributed by atoms with Crippen molar-refractivity contribution in [2.45, 2.75) is 39.7 Å². The molecule has 0 radical (unpaired) electrons. The summed E-state index contributed by atoms with van der Waals surface area (Å²) in [4.78, 5) is 4.16. The van der Waals surface area contributed by atoms with Gasteiger partial charge in [0, 0.05) is 6.42 Å². The second-order valence-electron chi connectivity index (χ2n) is 3.10. The van der Waals surface area contributed by atoms with Crippen molar-refractivity contribution in [3.05, 3.63) is 17.8 Å². The summed E-state index contributed by atoms with van der Waals surface area (Å²) >= 11 is 0. The summed E-state index contributed by atoms with van der Waals surface area (Å²) in [6.45, 7) is 6.04. The van der Waals surface area contributed by atoms with Crippen LogP contribution in [0.15, 0.2) is 10.6 Å². The Morgan fingerprint density at radius 3 is 2.92 bits per heavy atom. The SMILES string of the molecule is CCCCNCc1ncc(CC)o1. The Hall–Kier alpha value is -0.830. The molecule has 0 saturated carbocycles. The van der Waals surface area contributed by atoms with E-state index >= 15 is 0 Å². The number of rotatable bonds is 6. The molecule has 0 spiro atoms. The summed E-state index contributed by atoms with van der Waals surface area (Å²) < 4.78 is 5.44. The minimum absolute atomic E-state index is 0.750. The first-order valence-corrected chi connectivity index (χ1v) is 5.01. The molecule has 1 rings (SSSR count). The smallest absolute Gasteiger partial charge is 0.208 e. The van der Waals surface area contributed by atoms with E-state index in [-0.39, 0.29) is 0 Å². The predicted octanol–water partition coefficient (Wildman–Crippen LogP) is 2.13. The van der Waals surface area contributed by atoms with Crippen molar-refractivity contribution in [2.75, 3.05) is 6.54 Å². The summed E-state index contributed by atoms with van der Waals surface area (Å²) in [5.41, 5.74) is 0. The standard InChI is InChI=1S/C10H18N2O/c1-3-5-6-11-8-10-12-7-9(4-2)13-10/h7,11H,3-6,8H2,1-2H3. The van der Waals surface area contributed by atoms with Crippen LogP contribution < -0.4 is 5.32 Å². The van der Waals surface area contributed by atoms with Gasteiger partial charge in [0.2, 0.25) is 5.89 Å². The summed E-state index contributed by atoms with van der Waals surface area (Å²) in [5.74, 6) is 1.76. The lowest BCUT2D eigenvalue weighted by Crippen LogP contribution is -2.14. The molecule has 0 unspecified atom stereocenters. The van der Waals surface area contributed by atoms with E-state index in [1.54, 1.807) is 6.20 Å². The lowest BCUT2D eigenvalue weighted by Gasteiger charge is -1.98. The van der Waals surface area contributed by atoms with Crippen LogP contribution in [0.2, 0.25) is 0 Å². The molecule has 1 heterocycles. The topological polar surface area (TPSA) is 38.1 Å². The molecule has 1 aromatic rings. The minimum Gasteiger partial charge on any atom is -0.444 e. The van der Waals surface area contributed by atoms with E-state index in [1.807, 2.05) is 0 Å². The van der Waals surface area contributed by atoms with Crippen molar-refractivity contribution in [2.24, 2.45) is 0 Å². The zero-order valence-corrected chi connectivity index (χ0v) is 8.47. The molecule has 13 heavy (non-hydrogen) atoms. The monoisotopic (exact) mass is 182 g/mol. The Bertz CT molecular complexity index is 233. The third-order valence-electron chi connectivity index (χ3n) is 1.93. The fourth-order valence-electron chi connectivity index (χ4n) is 1.09. The zero-order valence-electron chi connectivity index (χ0n) is 8.47. The van der Waals surface area contributed by atoms with Crippen molar-refractivity contribution in [1.29, 1.82) is 0 Å². The van der Waals surface area contributed by atoms with E-state index in [2.05, 4.69) is 24.1 Å². The molecular weight excluding hydrogens is 164 g/mol. The number of aromatic nitrogens is 1. The van der Waals surface area contributed by atoms with E-state index in [4.69, 9.17) is 4.42 Å². The number of nitrogens with zero attached hydrogens (tertiary/aromatic N) is 1. The lowest BCUT2D eigenvalue weighted by atomic mass is 10.3. The van der Waals surface area contributed by atoms with E-state index in [0.717, 1.165) is 31.2 Å². The Morgan fingerprint density at radius 2 is 2.31 bits per heavy atom. The maximum Gasteiger partial charge on any atom is 0.208 e. The largest absolute Gasteiger partial charge is 0.444 e. The lowest BCUT2D eigenvalue weighted by molar-refractivity contribution is 0.438. The summed E-state index contributed by atoms with van der Waals surface area (Å²) in [7, 11) is 0. The van der Waals surface area contributed by atoms with Crippen LogP contribution in [0.3, 0.4) is 0 Å². The Balaban J connectivity index is 2.20. The molecule has 0 fully saturated rings. The van der Waals surface area contributed by atoms with Crippen LogP contribution in [-0.2, 0) is 13.0 Å². The molecule has 1 N–H and O–H groups in total. The van der Waals surface area contributed by atoms with Crippen molar-refractivity contribution < 1.29 is 4.42 Å². The van der Waals surface area contributed by atoms with E-state index in [1.165, 1.54) is 12.8 Å². The molecule has 0 aliphatic rings. The molecule has 3 nitrogen and oxygen atoms in total. The number of oxazole rings is 1. The van der Waals surface area contributed by atoms with E-state index in [0.29, 0.717) is 0 Å². The number of hydrogen-bond acceptors (Lipinski definition) is 3. The highest BCUT2D eigenvalue weighted by atomic mass is 16.4. The van der Waals surface area contributed by atoms with Gasteiger partial charge in [-0.3, -0.25) is 0 Å². The molecular formula is C10H18N2O. The molecule has 1 aromatic heterocycles. The first-order chi connectivity index (χ1) is 6.36. The van der Waals surface area contributed by atoms with Crippen LogP contribution in [0.1, 0.15) is 38.3 Å². The average Bonchev–Trinajstić information content (AvgIpc) is 2.60. The van der Waals surface area contributed by atoms with Crippen molar-refractivity contribution in [1.82, 2.24) is 10.3 Å². The molecule has 0 bridgehead atoms. The van der Waals surface area contributed by atoms with Crippen LogP contribution >= 0.6 is 0 Å². The summed E-state index contributed by atoms with van der Waals surface area (Å²) in [5, 5.41) is 3.28. The van der Waals surface area contributed by atoms with Gasteiger partial charge in [0.25, 0.3) is 0 Å². The number of aryl methyl sites for hydroxylation is 1. The van der Waals surface area contributed by atoms with Crippen LogP contribution in [0.25, 0.3) is 0 Å². The normalized spacial score (nSPS) is 10.6. The van der Waals surface area contributed by atoms with Gasteiger partial charge in [-0.15, -0.1) is 0 Å². The maximum absolute atomic E-state index is 5.44. The molecule has 0 aromatic carbocycles.